The number of nitrogens with zero attached hydrogens (tertiary/aromatic N) is 2. The molecule has 162 valence electrons. The molecular formula is C26H36N2O2. The van der Waals surface area contributed by atoms with Crippen LogP contribution in [0, 0.1) is 6.92 Å². The van der Waals surface area contributed by atoms with E-state index < -0.39 is 0 Å². The smallest absolute Gasteiger partial charge is 0.340 e. The predicted octanol–water partition coefficient (Wildman–Crippen LogP) is 6.23. The number of esters is 1. The van der Waals surface area contributed by atoms with E-state index in [0.29, 0.717) is 18.2 Å². The second-order valence-electron chi connectivity index (χ2n) is 9.06. The zero-order valence-electron chi connectivity index (χ0n) is 19.6. The van der Waals surface area contributed by atoms with Crippen LogP contribution in [0.4, 0.5) is 17.1 Å². The highest BCUT2D eigenvalue weighted by atomic mass is 16.5. The van der Waals surface area contributed by atoms with Gasteiger partial charge in [-0.2, -0.15) is 0 Å². The first kappa shape index (κ1) is 22.2. The van der Waals surface area contributed by atoms with Crippen molar-refractivity contribution in [1.29, 1.82) is 0 Å². The van der Waals surface area contributed by atoms with Gasteiger partial charge in [0.2, 0.25) is 0 Å². The van der Waals surface area contributed by atoms with Crippen LogP contribution in [0.5, 0.6) is 0 Å². The molecule has 1 aliphatic rings. The average Bonchev–Trinajstić information content (AvgIpc) is 2.69. The largest absolute Gasteiger partial charge is 0.462 e. The maximum Gasteiger partial charge on any atom is 0.340 e. The summed E-state index contributed by atoms with van der Waals surface area (Å²) in [5.41, 5.74) is 6.73. The molecule has 0 aromatic heterocycles. The van der Waals surface area contributed by atoms with E-state index >= 15 is 0 Å². The lowest BCUT2D eigenvalue weighted by Crippen LogP contribution is -2.41. The second-order valence-corrected chi connectivity index (χ2v) is 9.06. The summed E-state index contributed by atoms with van der Waals surface area (Å²) in [7, 11) is 0. The van der Waals surface area contributed by atoms with Gasteiger partial charge in [0.05, 0.1) is 17.9 Å². The first-order valence-corrected chi connectivity index (χ1v) is 11.2. The third kappa shape index (κ3) is 4.05. The predicted molar refractivity (Wildman–Crippen MR) is 126 cm³/mol. The van der Waals surface area contributed by atoms with E-state index in [2.05, 4.69) is 63.5 Å². The fraction of sp³-hybridized carbons (Fsp3) is 0.500. The molecule has 0 fully saturated rings. The number of ether oxygens (including phenoxy) is 1. The fourth-order valence-corrected chi connectivity index (χ4v) is 4.50. The normalized spacial score (nSPS) is 15.1. The first-order valence-electron chi connectivity index (χ1n) is 11.2. The quantitative estimate of drug-likeness (QED) is 0.531. The summed E-state index contributed by atoms with van der Waals surface area (Å²) >= 11 is 0. The van der Waals surface area contributed by atoms with Crippen molar-refractivity contribution in [3.63, 3.8) is 0 Å². The summed E-state index contributed by atoms with van der Waals surface area (Å²) in [4.78, 5) is 17.4. The number of aryl methyl sites for hydroxylation is 1. The number of anilines is 3. The number of benzene rings is 2. The van der Waals surface area contributed by atoms with E-state index in [1.807, 2.05) is 31.2 Å². The van der Waals surface area contributed by atoms with Gasteiger partial charge in [0.1, 0.15) is 0 Å². The fourth-order valence-electron chi connectivity index (χ4n) is 4.50. The number of para-hydroxylation sites is 1. The summed E-state index contributed by atoms with van der Waals surface area (Å²) in [5, 5.41) is 0. The molecule has 0 atom stereocenters. The van der Waals surface area contributed by atoms with Crippen molar-refractivity contribution in [2.75, 3.05) is 29.5 Å². The highest BCUT2D eigenvalue weighted by molar-refractivity contribution is 5.97. The first-order chi connectivity index (χ1) is 14.2. The molecule has 4 nitrogen and oxygen atoms in total. The van der Waals surface area contributed by atoms with Crippen LogP contribution in [0.2, 0.25) is 0 Å². The van der Waals surface area contributed by atoms with E-state index in [1.165, 1.54) is 16.8 Å². The lowest BCUT2D eigenvalue weighted by Gasteiger charge is -2.43. The van der Waals surface area contributed by atoms with Gasteiger partial charge in [-0.15, -0.1) is 0 Å². The highest BCUT2D eigenvalue weighted by Gasteiger charge is 2.33. The van der Waals surface area contributed by atoms with Crippen LogP contribution in [0.1, 0.15) is 69.4 Å². The third-order valence-corrected chi connectivity index (χ3v) is 6.25. The molecule has 0 radical (unpaired) electrons. The van der Waals surface area contributed by atoms with Crippen molar-refractivity contribution in [3.8, 4) is 0 Å². The Hall–Kier alpha value is -2.49. The lowest BCUT2D eigenvalue weighted by molar-refractivity contribution is 0.0527. The molecule has 0 N–H and O–H groups in total. The molecule has 0 spiro atoms. The topological polar surface area (TPSA) is 32.8 Å². The minimum absolute atomic E-state index is 0.114. The van der Waals surface area contributed by atoms with Crippen molar-refractivity contribution in [1.82, 2.24) is 0 Å². The second kappa shape index (κ2) is 8.71. The minimum Gasteiger partial charge on any atom is -0.462 e. The van der Waals surface area contributed by atoms with Gasteiger partial charge in [-0.05, 0) is 81.8 Å². The molecule has 4 heteroatoms. The Morgan fingerprint density at radius 2 is 1.87 bits per heavy atom. The molecule has 3 rings (SSSR count). The van der Waals surface area contributed by atoms with Crippen LogP contribution in [-0.4, -0.2) is 31.7 Å². The van der Waals surface area contributed by atoms with E-state index in [4.69, 9.17) is 4.74 Å². The average molecular weight is 409 g/mol. The van der Waals surface area contributed by atoms with Gasteiger partial charge >= 0.3 is 5.97 Å². The maximum atomic E-state index is 12.6. The highest BCUT2D eigenvalue weighted by Crippen LogP contribution is 2.44. The van der Waals surface area contributed by atoms with Gasteiger partial charge < -0.3 is 14.5 Å². The standard InChI is InChI=1S/C26H36N2O2/c1-8-27(22-13-11-10-12-20(22)25(29)30-9-2)23-17-21-24(16-19(23)5)28(18(3)4)15-14-26(21,6)7/h10-13,16-18H,8-9,14-15H2,1-7H3. The van der Waals surface area contributed by atoms with E-state index in [0.717, 1.165) is 30.9 Å². The van der Waals surface area contributed by atoms with Crippen molar-refractivity contribution < 1.29 is 9.53 Å². The lowest BCUT2D eigenvalue weighted by atomic mass is 9.76. The molecule has 0 aliphatic carbocycles. The summed E-state index contributed by atoms with van der Waals surface area (Å²) < 4.78 is 5.32. The van der Waals surface area contributed by atoms with Crippen LogP contribution in [0.15, 0.2) is 36.4 Å². The van der Waals surface area contributed by atoms with E-state index in [1.54, 1.807) is 0 Å². The van der Waals surface area contributed by atoms with Crippen LogP contribution < -0.4 is 9.80 Å². The van der Waals surface area contributed by atoms with Gasteiger partial charge in [-0.1, -0.05) is 26.0 Å². The molecule has 0 saturated carbocycles. The van der Waals surface area contributed by atoms with Crippen molar-refractivity contribution in [2.24, 2.45) is 0 Å². The molecule has 0 amide bonds. The Bertz CT molecular complexity index is 917. The summed E-state index contributed by atoms with van der Waals surface area (Å²) in [6.07, 6.45) is 1.13. The van der Waals surface area contributed by atoms with Crippen molar-refractivity contribution in [3.05, 3.63) is 53.1 Å². The number of hydrogen-bond acceptors (Lipinski definition) is 4. The molecule has 2 aromatic carbocycles. The van der Waals surface area contributed by atoms with Crippen LogP contribution in [0.3, 0.4) is 0 Å². The van der Waals surface area contributed by atoms with Crippen LogP contribution in [0.25, 0.3) is 0 Å². The summed E-state index contributed by atoms with van der Waals surface area (Å²) in [6, 6.07) is 12.9. The Kier molecular flexibility index (Phi) is 6.44. The molecule has 1 heterocycles. The molecule has 0 saturated heterocycles. The van der Waals surface area contributed by atoms with E-state index in [9.17, 15) is 4.79 Å². The third-order valence-electron chi connectivity index (χ3n) is 6.25. The minimum atomic E-state index is -0.270. The van der Waals surface area contributed by atoms with Crippen LogP contribution in [-0.2, 0) is 10.2 Å². The summed E-state index contributed by atoms with van der Waals surface area (Å²) in [5.74, 6) is -0.270. The Morgan fingerprint density at radius 1 is 1.17 bits per heavy atom. The van der Waals surface area contributed by atoms with Gasteiger partial charge in [-0.3, -0.25) is 0 Å². The zero-order chi connectivity index (χ0) is 22.1. The van der Waals surface area contributed by atoms with Gasteiger partial charge in [0.15, 0.2) is 0 Å². The van der Waals surface area contributed by atoms with Gasteiger partial charge in [0.25, 0.3) is 0 Å². The summed E-state index contributed by atoms with van der Waals surface area (Å²) in [6.45, 7) is 17.6. The van der Waals surface area contributed by atoms with Crippen LogP contribution >= 0.6 is 0 Å². The SMILES string of the molecule is CCOC(=O)c1ccccc1N(CC)c1cc2c(cc1C)N(C(C)C)CCC2(C)C. The number of hydrogen-bond donors (Lipinski definition) is 0. The Morgan fingerprint density at radius 3 is 2.50 bits per heavy atom. The molecular weight excluding hydrogens is 372 g/mol. The number of carbonyl (C=O) groups excluding carboxylic acids is 1. The molecule has 2 aromatic rings. The maximum absolute atomic E-state index is 12.6. The number of rotatable bonds is 6. The van der Waals surface area contributed by atoms with Crippen molar-refractivity contribution in [2.45, 2.75) is 66.3 Å². The zero-order valence-corrected chi connectivity index (χ0v) is 19.6. The van der Waals surface area contributed by atoms with E-state index in [-0.39, 0.29) is 11.4 Å². The molecule has 0 bridgehead atoms. The molecule has 0 unspecified atom stereocenters. The Balaban J connectivity index is 2.15. The van der Waals surface area contributed by atoms with Crippen molar-refractivity contribution >= 4 is 23.0 Å². The molecule has 1 aliphatic heterocycles. The van der Waals surface area contributed by atoms with Gasteiger partial charge in [0, 0.05) is 30.5 Å². The monoisotopic (exact) mass is 408 g/mol. The molecule has 30 heavy (non-hydrogen) atoms. The van der Waals surface area contributed by atoms with Gasteiger partial charge in [-0.25, -0.2) is 4.79 Å². The number of carbonyl (C=O) groups is 1. The Labute approximate surface area is 181 Å². The number of fused-ring (bicyclic) bond motifs is 1.